The molecule has 1 heterocycles. The average molecular weight is 259 g/mol. The molecule has 2 rings (SSSR count). The topological polar surface area (TPSA) is 62.7 Å². The van der Waals surface area contributed by atoms with Crippen molar-refractivity contribution in [3.8, 4) is 17.5 Å². The Labute approximate surface area is 110 Å². The summed E-state index contributed by atoms with van der Waals surface area (Å²) >= 11 is 0. The van der Waals surface area contributed by atoms with Crippen LogP contribution >= 0.6 is 0 Å². The van der Waals surface area contributed by atoms with Crippen LogP contribution < -0.4 is 0 Å². The normalized spacial score (nSPS) is 12.1. The van der Waals surface area contributed by atoms with Gasteiger partial charge in [-0.05, 0) is 24.5 Å². The van der Waals surface area contributed by atoms with E-state index in [1.165, 1.54) is 6.07 Å². The molecule has 0 bridgehead atoms. The smallest absolute Gasteiger partial charge is 0.227 e. The van der Waals surface area contributed by atoms with Crippen LogP contribution in [0.25, 0.3) is 11.4 Å². The molecule has 0 saturated heterocycles. The summed E-state index contributed by atoms with van der Waals surface area (Å²) < 4.78 is 18.6. The first kappa shape index (κ1) is 13.2. The maximum Gasteiger partial charge on any atom is 0.227 e. The Morgan fingerprint density at radius 1 is 1.47 bits per heavy atom. The summed E-state index contributed by atoms with van der Waals surface area (Å²) in [6.45, 7) is 3.64. The van der Waals surface area contributed by atoms with Crippen molar-refractivity contribution >= 4 is 0 Å². The number of hydrogen-bond acceptors (Lipinski definition) is 4. The summed E-state index contributed by atoms with van der Waals surface area (Å²) in [6, 6.07) is 6.93. The molecular formula is C14H14FN3O. The zero-order chi connectivity index (χ0) is 13.8. The monoisotopic (exact) mass is 259 g/mol. The van der Waals surface area contributed by atoms with Crippen LogP contribution in [0.15, 0.2) is 22.7 Å². The van der Waals surface area contributed by atoms with Crippen LogP contribution in [0.5, 0.6) is 0 Å². The van der Waals surface area contributed by atoms with E-state index in [1.807, 2.05) is 6.92 Å². The third-order valence-electron chi connectivity index (χ3n) is 2.86. The minimum Gasteiger partial charge on any atom is -0.339 e. The summed E-state index contributed by atoms with van der Waals surface area (Å²) in [5.41, 5.74) is 1.17. The Bertz CT molecular complexity index is 615. The van der Waals surface area contributed by atoms with Gasteiger partial charge in [-0.25, -0.2) is 4.39 Å². The van der Waals surface area contributed by atoms with Crippen molar-refractivity contribution in [3.05, 3.63) is 35.5 Å². The van der Waals surface area contributed by atoms with Gasteiger partial charge in [-0.2, -0.15) is 10.2 Å². The lowest BCUT2D eigenvalue weighted by atomic mass is 10.1. The number of halogens is 1. The van der Waals surface area contributed by atoms with Crippen molar-refractivity contribution in [1.29, 1.82) is 5.26 Å². The SMILES string of the molecule is Cc1ccc(-c2noc(CC(C)CC#N)n2)cc1F. The lowest BCUT2D eigenvalue weighted by Crippen LogP contribution is -1.98. The molecule has 0 amide bonds. The molecule has 19 heavy (non-hydrogen) atoms. The molecule has 0 aliphatic heterocycles. The van der Waals surface area contributed by atoms with Gasteiger partial charge in [0.05, 0.1) is 6.07 Å². The number of hydrogen-bond donors (Lipinski definition) is 0. The van der Waals surface area contributed by atoms with Crippen molar-refractivity contribution in [3.63, 3.8) is 0 Å². The first-order chi connectivity index (χ1) is 9.10. The molecule has 1 aromatic heterocycles. The van der Waals surface area contributed by atoms with Crippen LogP contribution in [0.2, 0.25) is 0 Å². The first-order valence-corrected chi connectivity index (χ1v) is 6.06. The zero-order valence-corrected chi connectivity index (χ0v) is 10.9. The maximum atomic E-state index is 13.5. The Balaban J connectivity index is 2.16. The van der Waals surface area contributed by atoms with E-state index < -0.39 is 0 Å². The van der Waals surface area contributed by atoms with Gasteiger partial charge in [0.15, 0.2) is 0 Å². The Morgan fingerprint density at radius 3 is 2.95 bits per heavy atom. The number of aromatic nitrogens is 2. The van der Waals surface area contributed by atoms with E-state index in [1.54, 1.807) is 19.1 Å². The van der Waals surface area contributed by atoms with Crippen molar-refractivity contribution < 1.29 is 8.91 Å². The second-order valence-corrected chi connectivity index (χ2v) is 4.65. The largest absolute Gasteiger partial charge is 0.339 e. The number of aryl methyl sites for hydroxylation is 1. The molecule has 1 aromatic carbocycles. The number of rotatable bonds is 4. The predicted molar refractivity (Wildman–Crippen MR) is 67.5 cm³/mol. The molecule has 0 radical (unpaired) electrons. The molecule has 5 heteroatoms. The fraction of sp³-hybridized carbons (Fsp3) is 0.357. The van der Waals surface area contributed by atoms with E-state index in [9.17, 15) is 4.39 Å². The second kappa shape index (κ2) is 5.61. The number of nitriles is 1. The van der Waals surface area contributed by atoms with E-state index in [-0.39, 0.29) is 11.7 Å². The maximum absolute atomic E-state index is 13.5. The predicted octanol–water partition coefficient (Wildman–Crippen LogP) is 3.28. The van der Waals surface area contributed by atoms with Gasteiger partial charge in [-0.1, -0.05) is 24.2 Å². The zero-order valence-electron chi connectivity index (χ0n) is 10.9. The second-order valence-electron chi connectivity index (χ2n) is 4.65. The highest BCUT2D eigenvalue weighted by Gasteiger charge is 2.12. The standard InChI is InChI=1S/C14H14FN3O/c1-9(5-6-16)7-13-17-14(18-19-13)11-4-3-10(2)12(15)8-11/h3-4,8-9H,5,7H2,1-2H3. The highest BCUT2D eigenvalue weighted by atomic mass is 19.1. The van der Waals surface area contributed by atoms with Crippen LogP contribution in [0.3, 0.4) is 0 Å². The molecule has 0 saturated carbocycles. The Kier molecular flexibility index (Phi) is 3.91. The molecule has 0 aliphatic rings. The molecular weight excluding hydrogens is 245 g/mol. The van der Waals surface area contributed by atoms with Crippen LogP contribution in [-0.4, -0.2) is 10.1 Å². The quantitative estimate of drug-likeness (QED) is 0.845. The van der Waals surface area contributed by atoms with E-state index in [0.717, 1.165) is 0 Å². The van der Waals surface area contributed by atoms with Crippen LogP contribution in [0.4, 0.5) is 4.39 Å². The summed E-state index contributed by atoms with van der Waals surface area (Å²) in [6.07, 6.45) is 0.992. The fourth-order valence-electron chi connectivity index (χ4n) is 1.71. The van der Waals surface area contributed by atoms with E-state index in [2.05, 4.69) is 16.2 Å². The van der Waals surface area contributed by atoms with Gasteiger partial charge >= 0.3 is 0 Å². The molecule has 0 aliphatic carbocycles. The van der Waals surface area contributed by atoms with Gasteiger partial charge in [-0.3, -0.25) is 0 Å². The van der Waals surface area contributed by atoms with Gasteiger partial charge in [0.2, 0.25) is 11.7 Å². The third-order valence-corrected chi connectivity index (χ3v) is 2.86. The molecule has 4 nitrogen and oxygen atoms in total. The van der Waals surface area contributed by atoms with Crippen molar-refractivity contribution in [1.82, 2.24) is 10.1 Å². The Morgan fingerprint density at radius 2 is 2.26 bits per heavy atom. The van der Waals surface area contributed by atoms with Gasteiger partial charge in [-0.15, -0.1) is 0 Å². The molecule has 2 aromatic rings. The molecule has 0 spiro atoms. The lowest BCUT2D eigenvalue weighted by Gasteiger charge is -2.00. The molecule has 1 atom stereocenters. The third kappa shape index (κ3) is 3.16. The lowest BCUT2D eigenvalue weighted by molar-refractivity contribution is 0.359. The van der Waals surface area contributed by atoms with Gasteiger partial charge in [0.1, 0.15) is 5.82 Å². The van der Waals surface area contributed by atoms with Crippen molar-refractivity contribution in [2.45, 2.75) is 26.7 Å². The summed E-state index contributed by atoms with van der Waals surface area (Å²) in [4.78, 5) is 4.22. The first-order valence-electron chi connectivity index (χ1n) is 6.06. The molecule has 0 fully saturated rings. The molecule has 98 valence electrons. The van der Waals surface area contributed by atoms with Crippen molar-refractivity contribution in [2.75, 3.05) is 0 Å². The van der Waals surface area contributed by atoms with Gasteiger partial charge in [0, 0.05) is 18.4 Å². The summed E-state index contributed by atoms with van der Waals surface area (Å²) in [7, 11) is 0. The van der Waals surface area contributed by atoms with Gasteiger partial charge < -0.3 is 4.52 Å². The highest BCUT2D eigenvalue weighted by molar-refractivity contribution is 5.54. The van der Waals surface area contributed by atoms with Crippen LogP contribution in [0.1, 0.15) is 24.8 Å². The number of nitrogens with zero attached hydrogens (tertiary/aromatic N) is 3. The van der Waals surface area contributed by atoms with E-state index >= 15 is 0 Å². The minimum absolute atomic E-state index is 0.160. The van der Waals surface area contributed by atoms with E-state index in [0.29, 0.717) is 35.7 Å². The number of benzene rings is 1. The van der Waals surface area contributed by atoms with Crippen LogP contribution in [0, 0.1) is 30.0 Å². The molecule has 0 N–H and O–H groups in total. The Hall–Kier alpha value is -2.22. The summed E-state index contributed by atoms with van der Waals surface area (Å²) in [5, 5.41) is 12.4. The van der Waals surface area contributed by atoms with Crippen LogP contribution in [-0.2, 0) is 6.42 Å². The minimum atomic E-state index is -0.290. The summed E-state index contributed by atoms with van der Waals surface area (Å²) in [5.74, 6) is 0.714. The van der Waals surface area contributed by atoms with Crippen molar-refractivity contribution in [2.24, 2.45) is 5.92 Å². The highest BCUT2D eigenvalue weighted by Crippen LogP contribution is 2.20. The van der Waals surface area contributed by atoms with Gasteiger partial charge in [0.25, 0.3) is 0 Å². The van der Waals surface area contributed by atoms with E-state index in [4.69, 9.17) is 9.78 Å². The fourth-order valence-corrected chi connectivity index (χ4v) is 1.71. The molecule has 1 unspecified atom stereocenters. The average Bonchev–Trinajstić information content (AvgIpc) is 2.81.